The number of carbonyl (C=O) groups is 1. The van der Waals surface area contributed by atoms with Gasteiger partial charge in [-0.25, -0.2) is 0 Å². The molecule has 1 aliphatic carbocycles. The lowest BCUT2D eigenvalue weighted by atomic mass is 9.74. The highest BCUT2D eigenvalue weighted by Gasteiger charge is 2.29. The van der Waals surface area contributed by atoms with Crippen molar-refractivity contribution in [2.24, 2.45) is 17.8 Å². The molecule has 0 aromatic heterocycles. The molecule has 2 atom stereocenters. The molecule has 1 fully saturated rings. The zero-order chi connectivity index (χ0) is 13.8. The fraction of sp³-hybridized carbons (Fsp3) is 0.588. The van der Waals surface area contributed by atoms with Crippen LogP contribution in [0.1, 0.15) is 50.4 Å². The Morgan fingerprint density at radius 1 is 1.11 bits per heavy atom. The third kappa shape index (κ3) is 3.85. The quantitative estimate of drug-likeness (QED) is 0.565. The average molecular weight is 276 g/mol. The van der Waals surface area contributed by atoms with Gasteiger partial charge in [-0.15, -0.1) is 11.8 Å². The Bertz CT molecular complexity index is 413. The van der Waals surface area contributed by atoms with Crippen molar-refractivity contribution in [3.63, 3.8) is 0 Å². The summed E-state index contributed by atoms with van der Waals surface area (Å²) in [5, 5.41) is 0. The molecular weight excluding hydrogens is 252 g/mol. The molecule has 0 saturated heterocycles. The Balaban J connectivity index is 2.06. The van der Waals surface area contributed by atoms with Gasteiger partial charge in [0.1, 0.15) is 0 Å². The third-order valence-corrected chi connectivity index (χ3v) is 4.89. The normalized spacial score (nSPS) is 27.2. The van der Waals surface area contributed by atoms with Crippen LogP contribution in [0.25, 0.3) is 0 Å². The molecule has 0 N–H and O–H groups in total. The van der Waals surface area contributed by atoms with Gasteiger partial charge in [0.2, 0.25) is 0 Å². The second-order valence-electron chi connectivity index (χ2n) is 5.94. The van der Waals surface area contributed by atoms with E-state index in [1.54, 1.807) is 0 Å². The van der Waals surface area contributed by atoms with Crippen molar-refractivity contribution in [3.8, 4) is 0 Å². The van der Waals surface area contributed by atoms with Gasteiger partial charge < -0.3 is 0 Å². The lowest BCUT2D eigenvalue weighted by Crippen LogP contribution is -2.26. The summed E-state index contributed by atoms with van der Waals surface area (Å²) in [6.07, 6.45) is 3.40. The molecular formula is C17H24OS. The number of carbonyl (C=O) groups excluding carboxylic acids is 1. The number of hydrogen-bond acceptors (Lipinski definition) is 2. The van der Waals surface area contributed by atoms with E-state index in [0.717, 1.165) is 24.2 Å². The zero-order valence-electron chi connectivity index (χ0n) is 12.2. The van der Waals surface area contributed by atoms with Crippen LogP contribution in [0.4, 0.5) is 0 Å². The van der Waals surface area contributed by atoms with E-state index in [4.69, 9.17) is 0 Å². The minimum atomic E-state index is 0.239. The first kappa shape index (κ1) is 14.6. The van der Waals surface area contributed by atoms with E-state index in [0.29, 0.717) is 17.6 Å². The molecule has 2 rings (SSSR count). The Hall–Kier alpha value is -0.760. The van der Waals surface area contributed by atoms with Crippen molar-refractivity contribution in [1.82, 2.24) is 0 Å². The van der Waals surface area contributed by atoms with Crippen molar-refractivity contribution in [2.75, 3.05) is 5.75 Å². The van der Waals surface area contributed by atoms with E-state index >= 15 is 0 Å². The summed E-state index contributed by atoms with van der Waals surface area (Å²) in [5.41, 5.74) is 0.895. The van der Waals surface area contributed by atoms with Crippen LogP contribution >= 0.6 is 11.8 Å². The number of benzene rings is 1. The van der Waals surface area contributed by atoms with Crippen molar-refractivity contribution >= 4 is 17.5 Å². The Morgan fingerprint density at radius 3 is 2.21 bits per heavy atom. The molecule has 104 valence electrons. The van der Waals surface area contributed by atoms with Gasteiger partial charge in [0.05, 0.1) is 0 Å². The molecule has 1 nitrogen and oxygen atoms in total. The highest BCUT2D eigenvalue weighted by molar-refractivity contribution is 7.99. The van der Waals surface area contributed by atoms with Gasteiger partial charge in [-0.2, -0.15) is 0 Å². The molecule has 0 spiro atoms. The van der Waals surface area contributed by atoms with Gasteiger partial charge >= 0.3 is 0 Å². The zero-order valence-corrected chi connectivity index (χ0v) is 13.0. The first-order valence-corrected chi connectivity index (χ1v) is 8.35. The summed E-state index contributed by atoms with van der Waals surface area (Å²) in [7, 11) is 0. The minimum absolute atomic E-state index is 0.239. The van der Waals surface area contributed by atoms with E-state index in [2.05, 4.69) is 32.9 Å². The number of rotatable bonds is 4. The Kier molecular flexibility index (Phi) is 5.09. The molecule has 1 aromatic carbocycles. The van der Waals surface area contributed by atoms with Gasteiger partial charge in [0.25, 0.3) is 0 Å². The van der Waals surface area contributed by atoms with Crippen molar-refractivity contribution < 1.29 is 4.79 Å². The lowest BCUT2D eigenvalue weighted by molar-refractivity contribution is 0.0836. The topological polar surface area (TPSA) is 17.1 Å². The van der Waals surface area contributed by atoms with Crippen molar-refractivity contribution in [2.45, 2.75) is 44.9 Å². The number of Topliss-reactive ketones (excluding diaryl/α,β-unsaturated/α-hetero) is 1. The summed E-state index contributed by atoms with van der Waals surface area (Å²) in [6.45, 7) is 6.70. The Morgan fingerprint density at radius 2 is 1.68 bits per heavy atom. The average Bonchev–Trinajstić information content (AvgIpc) is 2.38. The van der Waals surface area contributed by atoms with E-state index < -0.39 is 0 Å². The van der Waals surface area contributed by atoms with Crippen LogP contribution in [0.3, 0.4) is 0 Å². The Labute approximate surface area is 121 Å². The maximum absolute atomic E-state index is 12.6. The summed E-state index contributed by atoms with van der Waals surface area (Å²) in [6, 6.07) is 8.17. The molecule has 0 aliphatic heterocycles. The summed E-state index contributed by atoms with van der Waals surface area (Å²) in [4.78, 5) is 13.8. The van der Waals surface area contributed by atoms with Crippen LogP contribution in [0.5, 0.6) is 0 Å². The fourth-order valence-corrected chi connectivity index (χ4v) is 3.94. The van der Waals surface area contributed by atoms with Gasteiger partial charge in [0, 0.05) is 16.4 Å². The number of thioether (sulfide) groups is 1. The van der Waals surface area contributed by atoms with Crippen LogP contribution in [-0.4, -0.2) is 11.5 Å². The summed E-state index contributed by atoms with van der Waals surface area (Å²) >= 11 is 1.82. The highest BCUT2D eigenvalue weighted by Crippen LogP contribution is 2.34. The van der Waals surface area contributed by atoms with Gasteiger partial charge in [0.15, 0.2) is 5.78 Å². The summed E-state index contributed by atoms with van der Waals surface area (Å²) < 4.78 is 0. The molecule has 0 amide bonds. The van der Waals surface area contributed by atoms with E-state index in [1.807, 2.05) is 23.9 Å². The molecule has 1 saturated carbocycles. The smallest absolute Gasteiger partial charge is 0.165 e. The number of ketones is 1. The fourth-order valence-electron chi connectivity index (χ4n) is 3.28. The highest BCUT2D eigenvalue weighted by atomic mass is 32.2. The molecule has 19 heavy (non-hydrogen) atoms. The monoisotopic (exact) mass is 276 g/mol. The largest absolute Gasteiger partial charge is 0.294 e. The van der Waals surface area contributed by atoms with Crippen LogP contribution in [0.2, 0.25) is 0 Å². The molecule has 0 radical (unpaired) electrons. The minimum Gasteiger partial charge on any atom is -0.294 e. The van der Waals surface area contributed by atoms with Gasteiger partial charge in [-0.3, -0.25) is 4.79 Å². The maximum Gasteiger partial charge on any atom is 0.165 e. The molecule has 1 aromatic rings. The van der Waals surface area contributed by atoms with Crippen LogP contribution in [0.15, 0.2) is 29.2 Å². The lowest BCUT2D eigenvalue weighted by Gasteiger charge is -2.30. The molecule has 2 heteroatoms. The predicted octanol–water partition coefficient (Wildman–Crippen LogP) is 5.05. The molecule has 0 bridgehead atoms. The molecule has 1 aliphatic rings. The van der Waals surface area contributed by atoms with E-state index in [-0.39, 0.29) is 5.92 Å². The van der Waals surface area contributed by atoms with Crippen LogP contribution in [0, 0.1) is 17.8 Å². The molecule has 2 unspecified atom stereocenters. The van der Waals surface area contributed by atoms with Crippen molar-refractivity contribution in [1.29, 1.82) is 0 Å². The van der Waals surface area contributed by atoms with Crippen LogP contribution in [-0.2, 0) is 0 Å². The van der Waals surface area contributed by atoms with Gasteiger partial charge in [-0.05, 0) is 49.0 Å². The van der Waals surface area contributed by atoms with E-state index in [9.17, 15) is 4.79 Å². The summed E-state index contributed by atoms with van der Waals surface area (Å²) in [5.74, 6) is 3.04. The van der Waals surface area contributed by atoms with E-state index in [1.165, 1.54) is 11.3 Å². The number of hydrogen-bond donors (Lipinski definition) is 0. The second-order valence-corrected chi connectivity index (χ2v) is 7.27. The van der Waals surface area contributed by atoms with Crippen LogP contribution < -0.4 is 0 Å². The predicted molar refractivity (Wildman–Crippen MR) is 82.8 cm³/mol. The first-order chi connectivity index (χ1) is 9.10. The second kappa shape index (κ2) is 6.60. The molecule has 0 heterocycles. The SMILES string of the molecule is CCSc1ccc(C(=O)C2CC(C)CC(C)C2)cc1. The third-order valence-electron chi connectivity index (χ3n) is 4.00. The standard InChI is InChI=1S/C17H24OS/c1-4-19-16-7-5-14(6-8-16)17(18)15-10-12(2)9-13(3)11-15/h5-8,12-13,15H,4,9-11H2,1-3H3. The van der Waals surface area contributed by atoms with Crippen molar-refractivity contribution in [3.05, 3.63) is 29.8 Å². The van der Waals surface area contributed by atoms with Gasteiger partial charge in [-0.1, -0.05) is 32.9 Å². The first-order valence-electron chi connectivity index (χ1n) is 7.37. The maximum atomic E-state index is 12.6.